The number of esters is 1. The number of ether oxygens (including phenoxy) is 2. The van der Waals surface area contributed by atoms with Crippen molar-refractivity contribution in [3.8, 4) is 0 Å². The van der Waals surface area contributed by atoms with Crippen molar-refractivity contribution in [2.24, 2.45) is 5.92 Å². The highest BCUT2D eigenvalue weighted by Gasteiger charge is 2.20. The van der Waals surface area contributed by atoms with E-state index in [4.69, 9.17) is 21.1 Å². The number of aromatic nitrogens is 2. The molecule has 8 heteroatoms. The molecule has 32 heavy (non-hydrogen) atoms. The number of halogens is 1. The monoisotopic (exact) mass is 461 g/mol. The van der Waals surface area contributed by atoms with Crippen molar-refractivity contribution in [3.05, 3.63) is 57.9 Å². The second kappa shape index (κ2) is 12.4. The third kappa shape index (κ3) is 6.93. The van der Waals surface area contributed by atoms with Crippen LogP contribution in [0, 0.1) is 19.8 Å². The molecule has 1 aromatic heterocycles. The normalized spacial score (nSPS) is 12.2. The Morgan fingerprint density at radius 2 is 2.00 bits per heavy atom. The molecule has 1 atom stereocenters. The first-order valence-electron chi connectivity index (χ1n) is 10.7. The van der Waals surface area contributed by atoms with Gasteiger partial charge in [-0.1, -0.05) is 36.7 Å². The smallest absolute Gasteiger partial charge is 0.310 e. The van der Waals surface area contributed by atoms with Crippen molar-refractivity contribution < 1.29 is 19.1 Å². The topological polar surface area (TPSA) is 73.7 Å². The fourth-order valence-electron chi connectivity index (χ4n) is 3.37. The first-order valence-corrected chi connectivity index (χ1v) is 11.1. The van der Waals surface area contributed by atoms with Crippen molar-refractivity contribution in [2.75, 3.05) is 33.4 Å². The molecule has 0 aliphatic rings. The summed E-state index contributed by atoms with van der Waals surface area (Å²) >= 11 is 6.29. The van der Waals surface area contributed by atoms with Crippen molar-refractivity contribution >= 4 is 29.6 Å². The predicted molar refractivity (Wildman–Crippen MR) is 126 cm³/mol. The quantitative estimate of drug-likeness (QED) is 0.288. The Bertz CT molecular complexity index is 955. The number of methoxy groups -OCH3 is 1. The summed E-state index contributed by atoms with van der Waals surface area (Å²) in [5.74, 6) is -0.977. The number of carbonyl (C=O) groups excluding carboxylic acids is 2. The third-order valence-electron chi connectivity index (χ3n) is 5.23. The van der Waals surface area contributed by atoms with Crippen molar-refractivity contribution in [3.63, 3.8) is 0 Å². The van der Waals surface area contributed by atoms with E-state index in [0.29, 0.717) is 31.3 Å². The maximum Gasteiger partial charge on any atom is 0.310 e. The van der Waals surface area contributed by atoms with Crippen LogP contribution < -0.4 is 0 Å². The second-order valence-electron chi connectivity index (χ2n) is 7.57. The zero-order valence-corrected chi connectivity index (χ0v) is 20.2. The van der Waals surface area contributed by atoms with Gasteiger partial charge in [0.1, 0.15) is 0 Å². The molecular formula is C24H32ClN3O4. The maximum absolute atomic E-state index is 12.9. The fraction of sp³-hybridized carbons (Fsp3) is 0.458. The van der Waals surface area contributed by atoms with Crippen molar-refractivity contribution in [2.45, 2.75) is 34.2 Å². The van der Waals surface area contributed by atoms with Gasteiger partial charge < -0.3 is 14.4 Å². The zero-order chi connectivity index (χ0) is 23.7. The average molecular weight is 462 g/mol. The van der Waals surface area contributed by atoms with Crippen molar-refractivity contribution in [1.82, 2.24) is 14.7 Å². The highest BCUT2D eigenvalue weighted by Crippen LogP contribution is 2.20. The lowest BCUT2D eigenvalue weighted by atomic mass is 10.1. The van der Waals surface area contributed by atoms with E-state index in [1.807, 2.05) is 49.7 Å². The van der Waals surface area contributed by atoms with Crippen molar-refractivity contribution in [1.29, 1.82) is 0 Å². The molecule has 1 amide bonds. The van der Waals surface area contributed by atoms with Gasteiger partial charge in [-0.05, 0) is 38.5 Å². The molecule has 0 bridgehead atoms. The van der Waals surface area contributed by atoms with E-state index >= 15 is 0 Å². The van der Waals surface area contributed by atoms with Gasteiger partial charge in [-0.3, -0.25) is 14.3 Å². The van der Waals surface area contributed by atoms with Gasteiger partial charge in [0.15, 0.2) is 0 Å². The lowest BCUT2D eigenvalue weighted by molar-refractivity contribution is -0.146. The SMILES string of the molecule is CCOCCN(C[C@@H](C)C(=O)OC)C(=O)/C=C\c1c(C)nn(Cc2ccccc2Cl)c1C. The Morgan fingerprint density at radius 3 is 2.66 bits per heavy atom. The van der Waals surface area contributed by atoms with Crippen LogP contribution in [-0.4, -0.2) is 60.0 Å². The molecule has 0 unspecified atom stereocenters. The number of nitrogens with zero attached hydrogens (tertiary/aromatic N) is 3. The Hall–Kier alpha value is -2.64. The molecule has 0 saturated heterocycles. The van der Waals surface area contributed by atoms with Crippen LogP contribution in [0.1, 0.15) is 36.4 Å². The standard InChI is InChI=1S/C24H32ClN3O4/c1-6-32-14-13-27(15-17(2)24(30)31-5)23(29)12-11-21-18(3)26-28(19(21)4)16-20-9-7-8-10-22(20)25/h7-12,17H,6,13-16H2,1-5H3/b12-11-/t17-/m1/s1. The summed E-state index contributed by atoms with van der Waals surface area (Å²) in [6.07, 6.45) is 3.30. The highest BCUT2D eigenvalue weighted by atomic mass is 35.5. The number of aryl methyl sites for hydroxylation is 1. The molecule has 7 nitrogen and oxygen atoms in total. The highest BCUT2D eigenvalue weighted by molar-refractivity contribution is 6.31. The second-order valence-corrected chi connectivity index (χ2v) is 7.98. The van der Waals surface area contributed by atoms with E-state index in [1.54, 1.807) is 17.9 Å². The van der Waals surface area contributed by atoms with Gasteiger partial charge in [0, 0.05) is 42.1 Å². The Morgan fingerprint density at radius 1 is 1.28 bits per heavy atom. The van der Waals surface area contributed by atoms with E-state index in [0.717, 1.165) is 22.5 Å². The predicted octanol–water partition coefficient (Wildman–Crippen LogP) is 3.89. The van der Waals surface area contributed by atoms with E-state index in [1.165, 1.54) is 13.2 Å². The summed E-state index contributed by atoms with van der Waals surface area (Å²) in [6.45, 7) is 9.67. The molecule has 0 aliphatic heterocycles. The number of hydrogen-bond acceptors (Lipinski definition) is 5. The van der Waals surface area contributed by atoms with Gasteiger partial charge >= 0.3 is 5.97 Å². The molecule has 1 heterocycles. The van der Waals surface area contributed by atoms with Crippen LogP contribution in [0.2, 0.25) is 5.02 Å². The molecule has 0 saturated carbocycles. The summed E-state index contributed by atoms with van der Waals surface area (Å²) in [5.41, 5.74) is 3.62. The van der Waals surface area contributed by atoms with Crippen LogP contribution in [0.3, 0.4) is 0 Å². The zero-order valence-electron chi connectivity index (χ0n) is 19.4. The minimum absolute atomic E-state index is 0.196. The van der Waals surface area contributed by atoms with Crippen LogP contribution in [0.5, 0.6) is 0 Å². The van der Waals surface area contributed by atoms with Gasteiger partial charge in [0.25, 0.3) is 0 Å². The molecule has 2 aromatic rings. The number of benzene rings is 1. The molecule has 0 aliphatic carbocycles. The summed E-state index contributed by atoms with van der Waals surface area (Å²) < 4.78 is 12.1. The molecule has 1 aromatic carbocycles. The summed E-state index contributed by atoms with van der Waals surface area (Å²) in [7, 11) is 1.34. The Labute approximate surface area is 194 Å². The van der Waals surface area contributed by atoms with Gasteiger partial charge in [0.05, 0.1) is 31.9 Å². The van der Waals surface area contributed by atoms with E-state index in [9.17, 15) is 9.59 Å². The summed E-state index contributed by atoms with van der Waals surface area (Å²) in [6, 6.07) is 7.66. The fourth-order valence-corrected chi connectivity index (χ4v) is 3.57. The minimum Gasteiger partial charge on any atom is -0.469 e. The third-order valence-corrected chi connectivity index (χ3v) is 5.60. The van der Waals surface area contributed by atoms with E-state index in [-0.39, 0.29) is 18.4 Å². The first-order chi connectivity index (χ1) is 15.3. The minimum atomic E-state index is -0.430. The van der Waals surface area contributed by atoms with Crippen LogP contribution in [0.15, 0.2) is 30.3 Å². The summed E-state index contributed by atoms with van der Waals surface area (Å²) in [5, 5.41) is 5.31. The lowest BCUT2D eigenvalue weighted by Gasteiger charge is -2.23. The van der Waals surface area contributed by atoms with Crippen LogP contribution in [0.25, 0.3) is 6.08 Å². The molecule has 0 radical (unpaired) electrons. The van der Waals surface area contributed by atoms with Gasteiger partial charge in [-0.2, -0.15) is 5.10 Å². The van der Waals surface area contributed by atoms with E-state index in [2.05, 4.69) is 5.10 Å². The number of rotatable bonds is 11. The Balaban J connectivity index is 2.17. The summed E-state index contributed by atoms with van der Waals surface area (Å²) in [4.78, 5) is 26.3. The molecule has 0 fully saturated rings. The van der Waals surface area contributed by atoms with Crippen LogP contribution in [-0.2, 0) is 25.6 Å². The number of hydrogen-bond donors (Lipinski definition) is 0. The van der Waals surface area contributed by atoms with Gasteiger partial charge in [-0.15, -0.1) is 0 Å². The largest absolute Gasteiger partial charge is 0.469 e. The van der Waals surface area contributed by atoms with Crippen LogP contribution in [0.4, 0.5) is 0 Å². The van der Waals surface area contributed by atoms with Gasteiger partial charge in [0.2, 0.25) is 5.91 Å². The number of carbonyl (C=O) groups is 2. The average Bonchev–Trinajstić information content (AvgIpc) is 3.04. The maximum atomic E-state index is 12.9. The molecule has 174 valence electrons. The number of amides is 1. The van der Waals surface area contributed by atoms with E-state index < -0.39 is 5.92 Å². The van der Waals surface area contributed by atoms with Gasteiger partial charge in [-0.25, -0.2) is 0 Å². The molecule has 2 rings (SSSR count). The Kier molecular flexibility index (Phi) is 9.94. The van der Waals surface area contributed by atoms with Crippen LogP contribution >= 0.6 is 11.6 Å². The molecule has 0 spiro atoms. The lowest BCUT2D eigenvalue weighted by Crippen LogP contribution is -2.38. The molecular weight excluding hydrogens is 430 g/mol. The first kappa shape index (κ1) is 25.6. The molecule has 0 N–H and O–H groups in total.